The van der Waals surface area contributed by atoms with Crippen molar-refractivity contribution in [2.75, 3.05) is 13.7 Å². The molecule has 1 rings (SSSR count). The molecule has 0 amide bonds. The van der Waals surface area contributed by atoms with Crippen LogP contribution in [0.4, 0.5) is 0 Å². The quantitative estimate of drug-likeness (QED) is 0.773. The predicted molar refractivity (Wildman–Crippen MR) is 60.0 cm³/mol. The van der Waals surface area contributed by atoms with Gasteiger partial charge in [-0.05, 0) is 17.7 Å². The van der Waals surface area contributed by atoms with Crippen LogP contribution in [0.3, 0.4) is 0 Å². The van der Waals surface area contributed by atoms with Gasteiger partial charge in [-0.25, -0.2) is 4.79 Å². The first-order valence-electron chi connectivity index (χ1n) is 5.01. The SMILES string of the molecule is COC(=O)Cc1ccc(OCC(=O)O)c(C#N)c1. The Hall–Kier alpha value is -2.55. The second-order valence-electron chi connectivity index (χ2n) is 3.38. The number of nitrogens with zero attached hydrogens (tertiary/aromatic N) is 1. The zero-order chi connectivity index (χ0) is 13.5. The van der Waals surface area contributed by atoms with E-state index >= 15 is 0 Å². The van der Waals surface area contributed by atoms with Gasteiger partial charge in [0.05, 0.1) is 19.1 Å². The maximum atomic E-state index is 11.1. The molecule has 1 aromatic rings. The molecule has 1 N–H and O–H groups in total. The molecule has 6 nitrogen and oxygen atoms in total. The van der Waals surface area contributed by atoms with Crippen molar-refractivity contribution < 1.29 is 24.2 Å². The minimum absolute atomic E-state index is 0.0460. The van der Waals surface area contributed by atoms with Gasteiger partial charge in [-0.15, -0.1) is 0 Å². The highest BCUT2D eigenvalue weighted by atomic mass is 16.5. The predicted octanol–water partition coefficient (Wildman–Crippen LogP) is 0.737. The molecular formula is C12H11NO5. The zero-order valence-electron chi connectivity index (χ0n) is 9.67. The molecule has 0 aliphatic carbocycles. The lowest BCUT2D eigenvalue weighted by Gasteiger charge is -2.07. The first-order chi connectivity index (χ1) is 8.56. The van der Waals surface area contributed by atoms with Crippen molar-refractivity contribution in [1.82, 2.24) is 0 Å². The summed E-state index contributed by atoms with van der Waals surface area (Å²) in [5, 5.41) is 17.4. The Kier molecular flexibility index (Phi) is 4.69. The molecule has 6 heteroatoms. The van der Waals surface area contributed by atoms with E-state index in [1.807, 2.05) is 6.07 Å². The van der Waals surface area contributed by atoms with Crippen LogP contribution < -0.4 is 4.74 Å². The van der Waals surface area contributed by atoms with Crippen LogP contribution in [-0.4, -0.2) is 30.8 Å². The fourth-order valence-corrected chi connectivity index (χ4v) is 1.28. The van der Waals surface area contributed by atoms with Gasteiger partial charge in [-0.3, -0.25) is 4.79 Å². The summed E-state index contributed by atoms with van der Waals surface area (Å²) in [6.07, 6.45) is 0.0460. The number of rotatable bonds is 5. The molecular weight excluding hydrogens is 238 g/mol. The number of benzene rings is 1. The minimum Gasteiger partial charge on any atom is -0.481 e. The minimum atomic E-state index is -1.13. The van der Waals surface area contributed by atoms with Crippen LogP contribution >= 0.6 is 0 Å². The molecule has 0 fully saturated rings. The van der Waals surface area contributed by atoms with E-state index in [1.165, 1.54) is 19.2 Å². The van der Waals surface area contributed by atoms with Gasteiger partial charge in [0, 0.05) is 0 Å². The van der Waals surface area contributed by atoms with Gasteiger partial charge in [0.25, 0.3) is 0 Å². The van der Waals surface area contributed by atoms with Gasteiger partial charge in [0.1, 0.15) is 11.8 Å². The largest absolute Gasteiger partial charge is 0.481 e. The maximum absolute atomic E-state index is 11.1. The smallest absolute Gasteiger partial charge is 0.341 e. The van der Waals surface area contributed by atoms with E-state index in [0.29, 0.717) is 5.56 Å². The summed E-state index contributed by atoms with van der Waals surface area (Å²) < 4.78 is 9.44. The summed E-state index contributed by atoms with van der Waals surface area (Å²) in [6, 6.07) is 6.38. The fraction of sp³-hybridized carbons (Fsp3) is 0.250. The summed E-state index contributed by atoms with van der Waals surface area (Å²) >= 11 is 0. The summed E-state index contributed by atoms with van der Waals surface area (Å²) in [6.45, 7) is -0.523. The average Bonchev–Trinajstić information content (AvgIpc) is 2.36. The summed E-state index contributed by atoms with van der Waals surface area (Å²) in [4.78, 5) is 21.4. The van der Waals surface area contributed by atoms with E-state index in [1.54, 1.807) is 6.07 Å². The standard InChI is InChI=1S/C12H11NO5/c1-17-12(16)5-8-2-3-10(9(4-8)6-13)18-7-11(14)15/h2-4H,5,7H2,1H3,(H,14,15). The number of esters is 1. The molecule has 0 atom stereocenters. The molecule has 0 aromatic heterocycles. The molecule has 0 bridgehead atoms. The fourth-order valence-electron chi connectivity index (χ4n) is 1.28. The van der Waals surface area contributed by atoms with Gasteiger partial charge in [0.15, 0.2) is 6.61 Å². The zero-order valence-corrected chi connectivity index (χ0v) is 9.67. The number of hydrogen-bond acceptors (Lipinski definition) is 5. The first-order valence-corrected chi connectivity index (χ1v) is 5.01. The molecule has 0 saturated carbocycles. The highest BCUT2D eigenvalue weighted by Gasteiger charge is 2.09. The maximum Gasteiger partial charge on any atom is 0.341 e. The van der Waals surface area contributed by atoms with Crippen LogP contribution in [0, 0.1) is 11.3 Å². The van der Waals surface area contributed by atoms with Gasteiger partial charge in [0.2, 0.25) is 0 Å². The summed E-state index contributed by atoms with van der Waals surface area (Å²) in [7, 11) is 1.28. The topological polar surface area (TPSA) is 96.6 Å². The lowest BCUT2D eigenvalue weighted by atomic mass is 10.1. The molecule has 18 heavy (non-hydrogen) atoms. The number of hydrogen-bond donors (Lipinski definition) is 1. The highest BCUT2D eigenvalue weighted by Crippen LogP contribution is 2.19. The Balaban J connectivity index is 2.87. The van der Waals surface area contributed by atoms with Crippen molar-refractivity contribution in [3.05, 3.63) is 29.3 Å². The number of aliphatic carboxylic acids is 1. The molecule has 0 unspecified atom stereocenters. The van der Waals surface area contributed by atoms with Crippen molar-refractivity contribution in [2.45, 2.75) is 6.42 Å². The summed E-state index contributed by atoms with van der Waals surface area (Å²) in [5.41, 5.74) is 0.777. The van der Waals surface area contributed by atoms with Crippen LogP contribution in [-0.2, 0) is 20.7 Å². The van der Waals surface area contributed by atoms with E-state index < -0.39 is 18.5 Å². The van der Waals surface area contributed by atoms with Gasteiger partial charge >= 0.3 is 11.9 Å². The van der Waals surface area contributed by atoms with E-state index in [0.717, 1.165) is 0 Å². The van der Waals surface area contributed by atoms with Gasteiger partial charge < -0.3 is 14.6 Å². The van der Waals surface area contributed by atoms with Gasteiger partial charge in [-0.1, -0.05) is 6.07 Å². The molecule has 0 saturated heterocycles. The third kappa shape index (κ3) is 3.79. The molecule has 0 spiro atoms. The first kappa shape index (κ1) is 13.5. The van der Waals surface area contributed by atoms with Crippen LogP contribution in [0.2, 0.25) is 0 Å². The number of carbonyl (C=O) groups excluding carboxylic acids is 1. The third-order valence-corrected chi connectivity index (χ3v) is 2.09. The van der Waals surface area contributed by atoms with Crippen molar-refractivity contribution in [1.29, 1.82) is 5.26 Å². The van der Waals surface area contributed by atoms with Crippen LogP contribution in [0.25, 0.3) is 0 Å². The Labute approximate surface area is 103 Å². The molecule has 0 heterocycles. The van der Waals surface area contributed by atoms with E-state index in [2.05, 4.69) is 4.74 Å². The average molecular weight is 249 g/mol. The van der Waals surface area contributed by atoms with E-state index in [4.69, 9.17) is 15.1 Å². The Morgan fingerprint density at radius 3 is 2.72 bits per heavy atom. The third-order valence-electron chi connectivity index (χ3n) is 2.09. The number of nitriles is 1. The Bertz CT molecular complexity index is 504. The number of carboxylic acids is 1. The van der Waals surface area contributed by atoms with E-state index in [9.17, 15) is 9.59 Å². The monoisotopic (exact) mass is 249 g/mol. The summed E-state index contributed by atoms with van der Waals surface area (Å²) in [5.74, 6) is -1.37. The highest BCUT2D eigenvalue weighted by molar-refractivity contribution is 5.73. The molecule has 0 radical (unpaired) electrons. The van der Waals surface area contributed by atoms with E-state index in [-0.39, 0.29) is 17.7 Å². The molecule has 1 aromatic carbocycles. The second-order valence-corrected chi connectivity index (χ2v) is 3.38. The Morgan fingerprint density at radius 1 is 1.44 bits per heavy atom. The lowest BCUT2D eigenvalue weighted by Crippen LogP contribution is -2.10. The van der Waals surface area contributed by atoms with Crippen LogP contribution in [0.5, 0.6) is 5.75 Å². The van der Waals surface area contributed by atoms with Crippen molar-refractivity contribution in [2.24, 2.45) is 0 Å². The normalized spacial score (nSPS) is 9.33. The number of methoxy groups -OCH3 is 1. The van der Waals surface area contributed by atoms with Crippen LogP contribution in [0.1, 0.15) is 11.1 Å². The number of carbonyl (C=O) groups is 2. The lowest BCUT2D eigenvalue weighted by molar-refractivity contribution is -0.140. The Morgan fingerprint density at radius 2 is 2.17 bits per heavy atom. The van der Waals surface area contributed by atoms with Crippen molar-refractivity contribution >= 4 is 11.9 Å². The van der Waals surface area contributed by atoms with Crippen molar-refractivity contribution in [3.63, 3.8) is 0 Å². The molecule has 0 aliphatic heterocycles. The molecule has 94 valence electrons. The van der Waals surface area contributed by atoms with Crippen LogP contribution in [0.15, 0.2) is 18.2 Å². The van der Waals surface area contributed by atoms with Crippen molar-refractivity contribution in [3.8, 4) is 11.8 Å². The number of carboxylic acid groups (broad SMARTS) is 1. The van der Waals surface area contributed by atoms with Gasteiger partial charge in [-0.2, -0.15) is 5.26 Å². The number of ether oxygens (including phenoxy) is 2. The molecule has 0 aliphatic rings. The second kappa shape index (κ2) is 6.25.